The van der Waals surface area contributed by atoms with Crippen molar-refractivity contribution >= 4 is 34.8 Å². The number of rotatable bonds is 4. The third kappa shape index (κ3) is 4.02. The van der Waals surface area contributed by atoms with Gasteiger partial charge in [0.15, 0.2) is 5.76 Å². The van der Waals surface area contributed by atoms with Gasteiger partial charge in [-0.1, -0.05) is 25.4 Å². The van der Waals surface area contributed by atoms with Crippen LogP contribution in [0.15, 0.2) is 41.0 Å². The van der Waals surface area contributed by atoms with E-state index in [1.54, 1.807) is 18.2 Å². The number of nitrogens with one attached hydrogen (secondary N) is 1. The fraction of sp³-hybridized carbons (Fsp3) is 0.368. The standard InChI is InChI=1S/C19H22ClN3O3/c1-13(2)19(25)23-9-7-22(8-10-23)16-6-5-14(12-15(16)20)21-18(24)17-4-3-11-26-17/h3-6,11-13H,7-10H2,1-2H3,(H,21,24). The molecule has 3 rings (SSSR count). The zero-order chi connectivity index (χ0) is 18.7. The topological polar surface area (TPSA) is 65.8 Å². The minimum Gasteiger partial charge on any atom is -0.459 e. The Morgan fingerprint density at radius 1 is 1.15 bits per heavy atom. The third-order valence-electron chi connectivity index (χ3n) is 4.38. The Bertz CT molecular complexity index is 781. The second kappa shape index (κ2) is 7.83. The van der Waals surface area contributed by atoms with Crippen LogP contribution in [0.25, 0.3) is 0 Å². The summed E-state index contributed by atoms with van der Waals surface area (Å²) in [5, 5.41) is 3.32. The van der Waals surface area contributed by atoms with E-state index in [1.165, 1.54) is 6.26 Å². The molecule has 1 aliphatic rings. The minimum atomic E-state index is -0.320. The maximum atomic E-state index is 12.1. The van der Waals surface area contributed by atoms with Crippen LogP contribution in [0.1, 0.15) is 24.4 Å². The summed E-state index contributed by atoms with van der Waals surface area (Å²) in [6, 6.07) is 8.69. The SMILES string of the molecule is CC(C)C(=O)N1CCN(c2ccc(NC(=O)c3ccco3)cc2Cl)CC1. The molecule has 1 aliphatic heterocycles. The van der Waals surface area contributed by atoms with Crippen molar-refractivity contribution in [1.82, 2.24) is 4.90 Å². The van der Waals surface area contributed by atoms with Gasteiger partial charge in [0.25, 0.3) is 5.91 Å². The molecular formula is C19H22ClN3O3. The first-order valence-electron chi connectivity index (χ1n) is 8.64. The van der Waals surface area contributed by atoms with Crippen LogP contribution in [-0.4, -0.2) is 42.9 Å². The first-order chi connectivity index (χ1) is 12.5. The van der Waals surface area contributed by atoms with Crippen molar-refractivity contribution in [3.8, 4) is 0 Å². The van der Waals surface area contributed by atoms with Gasteiger partial charge in [0, 0.05) is 37.8 Å². The number of benzene rings is 1. The van der Waals surface area contributed by atoms with E-state index in [0.29, 0.717) is 23.8 Å². The number of hydrogen-bond acceptors (Lipinski definition) is 4. The average Bonchev–Trinajstić information content (AvgIpc) is 3.16. The third-order valence-corrected chi connectivity index (χ3v) is 4.68. The highest BCUT2D eigenvalue weighted by Gasteiger charge is 2.24. The van der Waals surface area contributed by atoms with E-state index in [1.807, 2.05) is 30.9 Å². The fourth-order valence-electron chi connectivity index (χ4n) is 2.97. The lowest BCUT2D eigenvalue weighted by Crippen LogP contribution is -2.50. The first kappa shape index (κ1) is 18.3. The first-order valence-corrected chi connectivity index (χ1v) is 9.01. The minimum absolute atomic E-state index is 0.0159. The molecular weight excluding hydrogens is 354 g/mol. The summed E-state index contributed by atoms with van der Waals surface area (Å²) in [5.41, 5.74) is 1.51. The van der Waals surface area contributed by atoms with Crippen LogP contribution >= 0.6 is 11.6 Å². The molecule has 138 valence electrons. The van der Waals surface area contributed by atoms with Crippen LogP contribution in [0, 0.1) is 5.92 Å². The second-order valence-electron chi connectivity index (χ2n) is 6.56. The van der Waals surface area contributed by atoms with Gasteiger partial charge in [0.05, 0.1) is 17.0 Å². The van der Waals surface area contributed by atoms with Crippen molar-refractivity contribution in [1.29, 1.82) is 0 Å². The predicted molar refractivity (Wildman–Crippen MR) is 102 cm³/mol. The van der Waals surface area contributed by atoms with E-state index in [0.717, 1.165) is 18.8 Å². The number of carbonyl (C=O) groups is 2. The molecule has 0 unspecified atom stereocenters. The van der Waals surface area contributed by atoms with Crippen LogP contribution in [0.4, 0.5) is 11.4 Å². The van der Waals surface area contributed by atoms with Crippen molar-refractivity contribution in [3.63, 3.8) is 0 Å². The predicted octanol–water partition coefficient (Wildman–Crippen LogP) is 3.49. The molecule has 26 heavy (non-hydrogen) atoms. The lowest BCUT2D eigenvalue weighted by atomic mass is 10.1. The van der Waals surface area contributed by atoms with Gasteiger partial charge in [0.1, 0.15) is 0 Å². The highest BCUT2D eigenvalue weighted by atomic mass is 35.5. The molecule has 1 fully saturated rings. The lowest BCUT2D eigenvalue weighted by molar-refractivity contribution is -0.134. The van der Waals surface area contributed by atoms with Crippen LogP contribution in [0.5, 0.6) is 0 Å². The van der Waals surface area contributed by atoms with Crippen LogP contribution in [0.2, 0.25) is 5.02 Å². The molecule has 6 nitrogen and oxygen atoms in total. The highest BCUT2D eigenvalue weighted by Crippen LogP contribution is 2.30. The molecule has 0 bridgehead atoms. The molecule has 1 aromatic carbocycles. The zero-order valence-electron chi connectivity index (χ0n) is 14.9. The second-order valence-corrected chi connectivity index (χ2v) is 6.97. The summed E-state index contributed by atoms with van der Waals surface area (Å²) in [7, 11) is 0. The average molecular weight is 376 g/mol. The number of halogens is 1. The number of amides is 2. The van der Waals surface area contributed by atoms with Crippen LogP contribution < -0.4 is 10.2 Å². The van der Waals surface area contributed by atoms with E-state index in [9.17, 15) is 9.59 Å². The Kier molecular flexibility index (Phi) is 5.52. The molecule has 2 heterocycles. The monoisotopic (exact) mass is 375 g/mol. The summed E-state index contributed by atoms with van der Waals surface area (Å²) < 4.78 is 5.08. The summed E-state index contributed by atoms with van der Waals surface area (Å²) in [6.07, 6.45) is 1.45. The number of furan rings is 1. The lowest BCUT2D eigenvalue weighted by Gasteiger charge is -2.37. The van der Waals surface area contributed by atoms with Crippen molar-refractivity contribution in [2.24, 2.45) is 5.92 Å². The number of hydrogen-bond donors (Lipinski definition) is 1. The Morgan fingerprint density at radius 3 is 2.46 bits per heavy atom. The molecule has 0 aliphatic carbocycles. The number of carbonyl (C=O) groups excluding carboxylic acids is 2. The Labute approximate surface area is 157 Å². The van der Waals surface area contributed by atoms with E-state index >= 15 is 0 Å². The fourth-order valence-corrected chi connectivity index (χ4v) is 3.27. The van der Waals surface area contributed by atoms with Crippen LogP contribution in [-0.2, 0) is 4.79 Å². The van der Waals surface area contributed by atoms with Gasteiger partial charge in [0.2, 0.25) is 5.91 Å². The van der Waals surface area contributed by atoms with Gasteiger partial charge < -0.3 is 19.5 Å². The maximum Gasteiger partial charge on any atom is 0.291 e. The molecule has 2 aromatic rings. The molecule has 1 aromatic heterocycles. The number of piperazine rings is 1. The largest absolute Gasteiger partial charge is 0.459 e. The zero-order valence-corrected chi connectivity index (χ0v) is 15.6. The van der Waals surface area contributed by atoms with Crippen molar-refractivity contribution in [2.75, 3.05) is 36.4 Å². The summed E-state index contributed by atoms with van der Waals surface area (Å²) in [5.74, 6) is 0.129. The molecule has 0 radical (unpaired) electrons. The van der Waals surface area contributed by atoms with Gasteiger partial charge >= 0.3 is 0 Å². The number of nitrogens with zero attached hydrogens (tertiary/aromatic N) is 2. The van der Waals surface area contributed by atoms with Crippen LogP contribution in [0.3, 0.4) is 0 Å². The van der Waals surface area contributed by atoms with Crippen molar-refractivity contribution in [3.05, 3.63) is 47.4 Å². The van der Waals surface area contributed by atoms with Gasteiger partial charge in [-0.15, -0.1) is 0 Å². The molecule has 1 N–H and O–H groups in total. The van der Waals surface area contributed by atoms with E-state index in [4.69, 9.17) is 16.0 Å². The Hall–Kier alpha value is -2.47. The molecule has 7 heteroatoms. The summed E-state index contributed by atoms with van der Waals surface area (Å²) >= 11 is 6.42. The van der Waals surface area contributed by atoms with E-state index in [-0.39, 0.29) is 23.5 Å². The molecule has 1 saturated heterocycles. The van der Waals surface area contributed by atoms with E-state index in [2.05, 4.69) is 10.2 Å². The van der Waals surface area contributed by atoms with Crippen molar-refractivity contribution < 1.29 is 14.0 Å². The van der Waals surface area contributed by atoms with Gasteiger partial charge in [-0.05, 0) is 30.3 Å². The molecule has 0 spiro atoms. The molecule has 0 atom stereocenters. The van der Waals surface area contributed by atoms with E-state index < -0.39 is 0 Å². The Balaban J connectivity index is 1.63. The quantitative estimate of drug-likeness (QED) is 0.888. The smallest absolute Gasteiger partial charge is 0.291 e. The summed E-state index contributed by atoms with van der Waals surface area (Å²) in [6.45, 7) is 6.67. The maximum absolute atomic E-state index is 12.1. The normalized spacial score (nSPS) is 14.6. The van der Waals surface area contributed by atoms with Gasteiger partial charge in [-0.25, -0.2) is 0 Å². The summed E-state index contributed by atoms with van der Waals surface area (Å²) in [4.78, 5) is 28.2. The van der Waals surface area contributed by atoms with Gasteiger partial charge in [-0.3, -0.25) is 9.59 Å². The van der Waals surface area contributed by atoms with Crippen molar-refractivity contribution in [2.45, 2.75) is 13.8 Å². The van der Waals surface area contributed by atoms with Gasteiger partial charge in [-0.2, -0.15) is 0 Å². The Morgan fingerprint density at radius 2 is 1.88 bits per heavy atom. The highest BCUT2D eigenvalue weighted by molar-refractivity contribution is 6.33. The number of anilines is 2. The molecule has 2 amide bonds. The molecule has 0 saturated carbocycles.